The van der Waals surface area contributed by atoms with Crippen LogP contribution in [0.2, 0.25) is 0 Å². The molecule has 1 aromatic carbocycles. The molecule has 1 heterocycles. The van der Waals surface area contributed by atoms with Crippen LogP contribution in [0.5, 0.6) is 0 Å². The number of carbonyl (C=O) groups excluding carboxylic acids is 1. The predicted molar refractivity (Wildman–Crippen MR) is 70.1 cm³/mol. The Balaban J connectivity index is 2.31. The lowest BCUT2D eigenvalue weighted by Gasteiger charge is -2.01. The lowest BCUT2D eigenvalue weighted by Crippen LogP contribution is -2.07. The number of carbonyl (C=O) groups is 1. The highest BCUT2D eigenvalue weighted by atomic mass is 16.6. The van der Waals surface area contributed by atoms with Crippen LogP contribution in [0.3, 0.4) is 0 Å². The summed E-state index contributed by atoms with van der Waals surface area (Å²) in [7, 11) is 0. The van der Waals surface area contributed by atoms with E-state index in [1.165, 1.54) is 12.1 Å². The number of hydrogen-bond acceptors (Lipinski definition) is 6. The molecule has 0 bridgehead atoms. The summed E-state index contributed by atoms with van der Waals surface area (Å²) in [5, 5.41) is 14.5. The van der Waals surface area contributed by atoms with E-state index in [9.17, 15) is 14.9 Å². The SMILES string of the molecule is CCC(=O)C(C)c1nc(-c2cccc([N+](=O)[O-])c2)no1. The number of nitro benzene ring substituents is 1. The summed E-state index contributed by atoms with van der Waals surface area (Å²) in [5.41, 5.74) is 0.428. The van der Waals surface area contributed by atoms with Gasteiger partial charge in [0, 0.05) is 24.1 Å². The molecular weight excluding hydrogens is 262 g/mol. The molecule has 104 valence electrons. The summed E-state index contributed by atoms with van der Waals surface area (Å²) in [5.74, 6) is -0.0167. The van der Waals surface area contributed by atoms with E-state index in [2.05, 4.69) is 10.1 Å². The van der Waals surface area contributed by atoms with Crippen LogP contribution >= 0.6 is 0 Å². The number of benzene rings is 1. The average molecular weight is 275 g/mol. The van der Waals surface area contributed by atoms with Gasteiger partial charge in [0.1, 0.15) is 5.78 Å². The number of hydrogen-bond donors (Lipinski definition) is 0. The molecule has 0 radical (unpaired) electrons. The molecule has 0 spiro atoms. The summed E-state index contributed by atoms with van der Waals surface area (Å²) in [6.45, 7) is 3.45. The number of ketones is 1. The number of aromatic nitrogens is 2. The van der Waals surface area contributed by atoms with Crippen LogP contribution in [0.4, 0.5) is 5.69 Å². The molecule has 1 unspecified atom stereocenters. The Morgan fingerprint density at radius 3 is 2.90 bits per heavy atom. The molecule has 0 fully saturated rings. The third kappa shape index (κ3) is 2.71. The standard InChI is InChI=1S/C13H13N3O4/c1-3-11(17)8(2)13-14-12(15-20-13)9-5-4-6-10(7-9)16(18)19/h4-8H,3H2,1-2H3. The van der Waals surface area contributed by atoms with Gasteiger partial charge in [-0.1, -0.05) is 24.2 Å². The van der Waals surface area contributed by atoms with Crippen molar-refractivity contribution in [2.45, 2.75) is 26.2 Å². The highest BCUT2D eigenvalue weighted by molar-refractivity contribution is 5.84. The molecule has 7 nitrogen and oxygen atoms in total. The molecule has 0 N–H and O–H groups in total. The highest BCUT2D eigenvalue weighted by Gasteiger charge is 2.21. The fourth-order valence-electron chi connectivity index (χ4n) is 1.73. The summed E-state index contributed by atoms with van der Waals surface area (Å²) in [4.78, 5) is 25.9. The van der Waals surface area contributed by atoms with Crippen LogP contribution in [-0.2, 0) is 4.79 Å². The molecule has 20 heavy (non-hydrogen) atoms. The molecule has 0 aliphatic rings. The van der Waals surface area contributed by atoms with E-state index in [4.69, 9.17) is 4.52 Å². The lowest BCUT2D eigenvalue weighted by molar-refractivity contribution is -0.384. The van der Waals surface area contributed by atoms with Crippen LogP contribution in [0.15, 0.2) is 28.8 Å². The van der Waals surface area contributed by atoms with Crippen LogP contribution in [0.1, 0.15) is 32.1 Å². The van der Waals surface area contributed by atoms with Crippen LogP contribution in [0, 0.1) is 10.1 Å². The topological polar surface area (TPSA) is 99.1 Å². The largest absolute Gasteiger partial charge is 0.338 e. The van der Waals surface area contributed by atoms with Crippen molar-refractivity contribution < 1.29 is 14.2 Å². The minimum Gasteiger partial charge on any atom is -0.338 e. The van der Waals surface area contributed by atoms with E-state index in [0.29, 0.717) is 12.0 Å². The number of rotatable bonds is 5. The van der Waals surface area contributed by atoms with Gasteiger partial charge >= 0.3 is 0 Å². The fourth-order valence-corrected chi connectivity index (χ4v) is 1.73. The molecule has 0 aliphatic carbocycles. The zero-order valence-electron chi connectivity index (χ0n) is 11.1. The second-order valence-corrected chi connectivity index (χ2v) is 4.31. The summed E-state index contributed by atoms with van der Waals surface area (Å²) in [6, 6.07) is 5.94. The molecule has 1 atom stereocenters. The molecule has 2 rings (SSSR count). The minimum absolute atomic E-state index is 0.000702. The van der Waals surface area contributed by atoms with Gasteiger partial charge in [0.25, 0.3) is 5.69 Å². The van der Waals surface area contributed by atoms with Crippen molar-refractivity contribution in [1.29, 1.82) is 0 Å². The first-order valence-electron chi connectivity index (χ1n) is 6.14. The Hall–Kier alpha value is -2.57. The van der Waals surface area contributed by atoms with Crippen molar-refractivity contribution in [1.82, 2.24) is 10.1 Å². The molecule has 1 aromatic heterocycles. The Morgan fingerprint density at radius 2 is 2.25 bits per heavy atom. The van der Waals surface area contributed by atoms with Gasteiger partial charge in [-0.25, -0.2) is 0 Å². The third-order valence-corrected chi connectivity index (χ3v) is 2.96. The van der Waals surface area contributed by atoms with Gasteiger partial charge < -0.3 is 4.52 Å². The van der Waals surface area contributed by atoms with Crippen molar-refractivity contribution in [2.75, 3.05) is 0 Å². The van der Waals surface area contributed by atoms with Crippen molar-refractivity contribution in [3.05, 3.63) is 40.3 Å². The third-order valence-electron chi connectivity index (χ3n) is 2.96. The Kier molecular flexibility index (Phi) is 3.88. The predicted octanol–water partition coefficient (Wildman–Crippen LogP) is 2.73. The smallest absolute Gasteiger partial charge is 0.270 e. The Labute approximate surface area is 114 Å². The number of nitrogens with zero attached hydrogens (tertiary/aromatic N) is 3. The monoisotopic (exact) mass is 275 g/mol. The van der Waals surface area contributed by atoms with Crippen molar-refractivity contribution >= 4 is 11.5 Å². The second kappa shape index (κ2) is 5.60. The Morgan fingerprint density at radius 1 is 1.50 bits per heavy atom. The minimum atomic E-state index is -0.492. The lowest BCUT2D eigenvalue weighted by atomic mass is 10.1. The first-order valence-corrected chi connectivity index (χ1v) is 6.14. The van der Waals surface area contributed by atoms with Crippen molar-refractivity contribution in [3.63, 3.8) is 0 Å². The van der Waals surface area contributed by atoms with E-state index in [1.807, 2.05) is 0 Å². The molecular formula is C13H13N3O4. The first-order chi connectivity index (χ1) is 9.52. The fraction of sp³-hybridized carbons (Fsp3) is 0.308. The van der Waals surface area contributed by atoms with Gasteiger partial charge in [-0.05, 0) is 6.92 Å². The zero-order chi connectivity index (χ0) is 14.7. The van der Waals surface area contributed by atoms with E-state index >= 15 is 0 Å². The van der Waals surface area contributed by atoms with Crippen molar-refractivity contribution in [2.24, 2.45) is 0 Å². The zero-order valence-corrected chi connectivity index (χ0v) is 11.1. The maximum absolute atomic E-state index is 11.6. The van der Waals surface area contributed by atoms with Crippen LogP contribution < -0.4 is 0 Å². The van der Waals surface area contributed by atoms with Crippen LogP contribution in [-0.4, -0.2) is 20.8 Å². The van der Waals surface area contributed by atoms with Gasteiger partial charge in [-0.2, -0.15) is 4.98 Å². The van der Waals surface area contributed by atoms with E-state index < -0.39 is 10.8 Å². The molecule has 0 amide bonds. The number of Topliss-reactive ketones (excluding diaryl/α,β-unsaturated/α-hetero) is 1. The number of non-ortho nitro benzene ring substituents is 1. The highest BCUT2D eigenvalue weighted by Crippen LogP contribution is 2.23. The second-order valence-electron chi connectivity index (χ2n) is 4.31. The normalized spacial score (nSPS) is 12.1. The van der Waals surface area contributed by atoms with Gasteiger partial charge in [-0.3, -0.25) is 14.9 Å². The summed E-state index contributed by atoms with van der Waals surface area (Å²) in [6.07, 6.45) is 0.385. The molecule has 0 saturated heterocycles. The quantitative estimate of drug-likeness (QED) is 0.614. The van der Waals surface area contributed by atoms with E-state index in [1.54, 1.807) is 26.0 Å². The molecule has 2 aromatic rings. The summed E-state index contributed by atoms with van der Waals surface area (Å²) >= 11 is 0. The van der Waals surface area contributed by atoms with E-state index in [-0.39, 0.29) is 23.2 Å². The molecule has 0 aliphatic heterocycles. The maximum Gasteiger partial charge on any atom is 0.270 e. The number of nitro groups is 1. The van der Waals surface area contributed by atoms with Gasteiger partial charge in [0.15, 0.2) is 0 Å². The first kappa shape index (κ1) is 13.9. The molecule has 0 saturated carbocycles. The van der Waals surface area contributed by atoms with E-state index in [0.717, 1.165) is 0 Å². The van der Waals surface area contributed by atoms with Crippen LogP contribution in [0.25, 0.3) is 11.4 Å². The molecule has 7 heteroatoms. The Bertz CT molecular complexity index is 651. The van der Waals surface area contributed by atoms with Crippen molar-refractivity contribution in [3.8, 4) is 11.4 Å². The maximum atomic E-state index is 11.6. The van der Waals surface area contributed by atoms with Gasteiger partial charge in [-0.15, -0.1) is 0 Å². The van der Waals surface area contributed by atoms with Gasteiger partial charge in [0.2, 0.25) is 11.7 Å². The van der Waals surface area contributed by atoms with Gasteiger partial charge in [0.05, 0.1) is 10.8 Å². The summed E-state index contributed by atoms with van der Waals surface area (Å²) < 4.78 is 5.05. The average Bonchev–Trinajstić information content (AvgIpc) is 2.95.